The molecule has 0 aliphatic carbocycles. The molecule has 35 heavy (non-hydrogen) atoms. The van der Waals surface area contributed by atoms with Crippen molar-refractivity contribution in [1.82, 2.24) is 20.3 Å². The Balaban J connectivity index is 1.29. The minimum absolute atomic E-state index is 0.0226. The third-order valence-electron chi connectivity index (χ3n) is 6.93. The number of aromatic amines is 1. The largest absolute Gasteiger partial charge is 0.377 e. The van der Waals surface area contributed by atoms with Crippen LogP contribution in [-0.4, -0.2) is 59.7 Å². The Hall–Kier alpha value is -3.91. The van der Waals surface area contributed by atoms with Crippen LogP contribution in [0.2, 0.25) is 0 Å². The molecule has 2 aliphatic rings. The fourth-order valence-electron chi connectivity index (χ4n) is 5.03. The van der Waals surface area contributed by atoms with Crippen molar-refractivity contribution in [2.24, 2.45) is 0 Å². The van der Waals surface area contributed by atoms with Crippen LogP contribution in [0.3, 0.4) is 0 Å². The fourth-order valence-corrected chi connectivity index (χ4v) is 5.03. The molecule has 2 N–H and O–H groups in total. The van der Waals surface area contributed by atoms with Crippen molar-refractivity contribution in [3.63, 3.8) is 0 Å². The number of anilines is 2. The number of nitrogens with zero attached hydrogens (tertiary/aromatic N) is 4. The van der Waals surface area contributed by atoms with Gasteiger partial charge in [-0.2, -0.15) is 0 Å². The number of hydrogen-bond donors (Lipinski definition) is 2. The second-order valence-corrected chi connectivity index (χ2v) is 9.15. The standard InChI is InChI=1S/C27H28N6O2/c1-18-5-2-3-6-19(18)13-29-25(34)16-32-15-20-17-35-12-11-33(20)27-24(32)14-30-26(31-27)22-7-4-8-23-21(22)9-10-28-23/h2-10,14,20,28H,11-13,15-17H2,1H3,(H,29,34). The molecule has 4 aromatic rings. The third-order valence-corrected chi connectivity index (χ3v) is 6.93. The highest BCUT2D eigenvalue weighted by molar-refractivity contribution is 5.94. The Bertz CT molecular complexity index is 1380. The molecule has 1 atom stereocenters. The molecule has 0 radical (unpaired) electrons. The van der Waals surface area contributed by atoms with Crippen molar-refractivity contribution in [2.45, 2.75) is 19.5 Å². The van der Waals surface area contributed by atoms with Gasteiger partial charge in [-0.1, -0.05) is 36.4 Å². The third kappa shape index (κ3) is 4.10. The number of hydrogen-bond acceptors (Lipinski definition) is 6. The van der Waals surface area contributed by atoms with Gasteiger partial charge in [0.05, 0.1) is 37.7 Å². The second kappa shape index (κ2) is 9.03. The predicted molar refractivity (Wildman–Crippen MR) is 137 cm³/mol. The zero-order valence-electron chi connectivity index (χ0n) is 19.7. The first-order valence-corrected chi connectivity index (χ1v) is 12.0. The van der Waals surface area contributed by atoms with Crippen molar-refractivity contribution in [2.75, 3.05) is 42.6 Å². The second-order valence-electron chi connectivity index (χ2n) is 9.15. The molecular formula is C27H28N6O2. The summed E-state index contributed by atoms with van der Waals surface area (Å²) in [6.07, 6.45) is 3.80. The number of rotatable bonds is 5. The number of ether oxygens (including phenoxy) is 1. The summed E-state index contributed by atoms with van der Waals surface area (Å²) in [6, 6.07) is 16.4. The number of H-pyrrole nitrogens is 1. The van der Waals surface area contributed by atoms with Crippen LogP contribution in [0.25, 0.3) is 22.3 Å². The van der Waals surface area contributed by atoms with Gasteiger partial charge in [0.25, 0.3) is 0 Å². The molecule has 6 rings (SSSR count). The Morgan fingerprint density at radius 3 is 3.03 bits per heavy atom. The van der Waals surface area contributed by atoms with E-state index in [0.717, 1.165) is 40.1 Å². The van der Waals surface area contributed by atoms with Crippen molar-refractivity contribution in [1.29, 1.82) is 0 Å². The van der Waals surface area contributed by atoms with E-state index in [-0.39, 0.29) is 18.5 Å². The molecule has 0 spiro atoms. The van der Waals surface area contributed by atoms with E-state index < -0.39 is 0 Å². The van der Waals surface area contributed by atoms with Gasteiger partial charge in [-0.05, 0) is 30.2 Å². The first-order valence-electron chi connectivity index (χ1n) is 12.0. The summed E-state index contributed by atoms with van der Waals surface area (Å²) >= 11 is 0. The number of fused-ring (bicyclic) bond motifs is 4. The van der Waals surface area contributed by atoms with Crippen LogP contribution in [0.15, 0.2) is 60.9 Å². The van der Waals surface area contributed by atoms with Gasteiger partial charge >= 0.3 is 0 Å². The molecule has 1 amide bonds. The Labute approximate surface area is 203 Å². The highest BCUT2D eigenvalue weighted by Crippen LogP contribution is 2.36. The molecule has 1 unspecified atom stereocenters. The van der Waals surface area contributed by atoms with Crippen LogP contribution in [0.1, 0.15) is 11.1 Å². The van der Waals surface area contributed by atoms with E-state index in [2.05, 4.69) is 39.2 Å². The van der Waals surface area contributed by atoms with Gasteiger partial charge < -0.3 is 24.8 Å². The predicted octanol–water partition coefficient (Wildman–Crippen LogP) is 3.27. The average Bonchev–Trinajstić information content (AvgIpc) is 3.37. The first-order chi connectivity index (χ1) is 17.2. The van der Waals surface area contributed by atoms with Crippen LogP contribution in [-0.2, 0) is 16.1 Å². The zero-order chi connectivity index (χ0) is 23.8. The molecule has 0 saturated carbocycles. The number of morpholine rings is 1. The van der Waals surface area contributed by atoms with Gasteiger partial charge in [0.15, 0.2) is 11.6 Å². The molecule has 2 aromatic carbocycles. The highest BCUT2D eigenvalue weighted by Gasteiger charge is 2.35. The van der Waals surface area contributed by atoms with Crippen molar-refractivity contribution in [3.05, 3.63) is 72.1 Å². The highest BCUT2D eigenvalue weighted by atomic mass is 16.5. The summed E-state index contributed by atoms with van der Waals surface area (Å²) < 4.78 is 5.77. The lowest BCUT2D eigenvalue weighted by Crippen LogP contribution is -2.56. The maximum atomic E-state index is 12.9. The molecule has 2 aliphatic heterocycles. The lowest BCUT2D eigenvalue weighted by atomic mass is 10.1. The smallest absolute Gasteiger partial charge is 0.239 e. The molecule has 178 valence electrons. The molecule has 4 heterocycles. The topological polar surface area (TPSA) is 86.4 Å². The molecular weight excluding hydrogens is 440 g/mol. The molecule has 8 nitrogen and oxygen atoms in total. The van der Waals surface area contributed by atoms with E-state index in [0.29, 0.717) is 32.1 Å². The fraction of sp³-hybridized carbons (Fsp3) is 0.296. The summed E-state index contributed by atoms with van der Waals surface area (Å²) in [5, 5.41) is 4.17. The van der Waals surface area contributed by atoms with Gasteiger partial charge in [0.1, 0.15) is 0 Å². The van der Waals surface area contributed by atoms with Crippen LogP contribution >= 0.6 is 0 Å². The molecule has 1 saturated heterocycles. The van der Waals surface area contributed by atoms with E-state index in [9.17, 15) is 4.79 Å². The van der Waals surface area contributed by atoms with E-state index >= 15 is 0 Å². The van der Waals surface area contributed by atoms with E-state index in [4.69, 9.17) is 14.7 Å². The van der Waals surface area contributed by atoms with Crippen LogP contribution in [0.4, 0.5) is 11.5 Å². The number of benzene rings is 2. The van der Waals surface area contributed by atoms with E-state index in [1.807, 2.05) is 48.8 Å². The van der Waals surface area contributed by atoms with Crippen LogP contribution in [0, 0.1) is 6.92 Å². The normalized spacial score (nSPS) is 17.2. The molecule has 2 aromatic heterocycles. The Morgan fingerprint density at radius 2 is 2.11 bits per heavy atom. The van der Waals surface area contributed by atoms with E-state index in [1.54, 1.807) is 0 Å². The number of nitrogens with one attached hydrogen (secondary N) is 2. The quantitative estimate of drug-likeness (QED) is 0.468. The lowest BCUT2D eigenvalue weighted by molar-refractivity contribution is -0.120. The molecule has 8 heteroatoms. The van der Waals surface area contributed by atoms with Gasteiger partial charge in [0, 0.05) is 42.3 Å². The summed E-state index contributed by atoms with van der Waals surface area (Å²) in [5.74, 6) is 1.53. The summed E-state index contributed by atoms with van der Waals surface area (Å²) in [5.41, 5.74) is 5.23. The van der Waals surface area contributed by atoms with Gasteiger partial charge in [-0.3, -0.25) is 4.79 Å². The number of aryl methyl sites for hydroxylation is 1. The van der Waals surface area contributed by atoms with Crippen molar-refractivity contribution < 1.29 is 9.53 Å². The zero-order valence-corrected chi connectivity index (χ0v) is 19.7. The number of carbonyl (C=O) groups excluding carboxylic acids is 1. The van der Waals surface area contributed by atoms with Crippen molar-refractivity contribution >= 4 is 28.3 Å². The lowest BCUT2D eigenvalue weighted by Gasteiger charge is -2.45. The molecule has 1 fully saturated rings. The maximum absolute atomic E-state index is 12.9. The number of carbonyl (C=O) groups is 1. The minimum atomic E-state index is -0.0226. The van der Waals surface area contributed by atoms with E-state index in [1.165, 1.54) is 5.56 Å². The van der Waals surface area contributed by atoms with Gasteiger partial charge in [-0.25, -0.2) is 9.97 Å². The van der Waals surface area contributed by atoms with Gasteiger partial charge in [0.2, 0.25) is 5.91 Å². The number of aromatic nitrogens is 3. The minimum Gasteiger partial charge on any atom is -0.377 e. The monoisotopic (exact) mass is 468 g/mol. The SMILES string of the molecule is Cc1ccccc1CNC(=O)CN1CC2COCCN2c2nc(-c3cccc4[nH]ccc34)ncc21. The Kier molecular flexibility index (Phi) is 5.58. The first kappa shape index (κ1) is 21.6. The van der Waals surface area contributed by atoms with Crippen molar-refractivity contribution in [3.8, 4) is 11.4 Å². The average molecular weight is 469 g/mol. The summed E-state index contributed by atoms with van der Waals surface area (Å²) in [4.78, 5) is 30.3. The van der Waals surface area contributed by atoms with Gasteiger partial charge in [-0.15, -0.1) is 0 Å². The van der Waals surface area contributed by atoms with Crippen LogP contribution < -0.4 is 15.1 Å². The maximum Gasteiger partial charge on any atom is 0.239 e. The summed E-state index contributed by atoms with van der Waals surface area (Å²) in [6.45, 7) is 5.58. The Morgan fingerprint density at radius 1 is 1.20 bits per heavy atom. The number of amides is 1. The molecule has 0 bridgehead atoms. The van der Waals surface area contributed by atoms with Crippen LogP contribution in [0.5, 0.6) is 0 Å². The summed E-state index contributed by atoms with van der Waals surface area (Å²) in [7, 11) is 0.